The number of carbonyl (C=O) groups excluding carboxylic acids is 1. The summed E-state index contributed by atoms with van der Waals surface area (Å²) in [6.45, 7) is 4.76. The molecular weight excluding hydrogens is 244 g/mol. The summed E-state index contributed by atoms with van der Waals surface area (Å²) in [4.78, 5) is 22.8. The summed E-state index contributed by atoms with van der Waals surface area (Å²) in [7, 11) is 0. The maximum absolute atomic E-state index is 11.9. The van der Waals surface area contributed by atoms with Gasteiger partial charge in [0.15, 0.2) is 0 Å². The number of carboxylic acids is 1. The average molecular weight is 270 g/mol. The van der Waals surface area contributed by atoms with E-state index in [1.54, 1.807) is 0 Å². The first-order chi connectivity index (χ1) is 8.92. The van der Waals surface area contributed by atoms with Crippen LogP contribution in [0.5, 0.6) is 0 Å². The molecular formula is C14H26N2O3. The summed E-state index contributed by atoms with van der Waals surface area (Å²) < 4.78 is 0. The molecule has 0 bridgehead atoms. The zero-order valence-corrected chi connectivity index (χ0v) is 11.9. The lowest BCUT2D eigenvalue weighted by atomic mass is 9.94. The highest BCUT2D eigenvalue weighted by Gasteiger charge is 2.30. The molecule has 4 N–H and O–H groups in total. The Balaban J connectivity index is 2.33. The minimum absolute atomic E-state index is 0.00661. The molecule has 0 saturated heterocycles. The van der Waals surface area contributed by atoms with E-state index in [-0.39, 0.29) is 23.8 Å². The topological polar surface area (TPSA) is 92.4 Å². The molecule has 5 heteroatoms. The average Bonchev–Trinajstić information content (AvgIpc) is 2.75. The second-order valence-electron chi connectivity index (χ2n) is 6.05. The van der Waals surface area contributed by atoms with Crippen LogP contribution in [0.1, 0.15) is 46.0 Å². The lowest BCUT2D eigenvalue weighted by molar-refractivity contribution is -0.141. The second kappa shape index (κ2) is 7.48. The summed E-state index contributed by atoms with van der Waals surface area (Å²) in [5, 5.41) is 11.9. The minimum atomic E-state index is -0.753. The van der Waals surface area contributed by atoms with E-state index in [0.717, 1.165) is 12.8 Å². The Kier molecular flexibility index (Phi) is 6.28. The lowest BCUT2D eigenvalue weighted by Crippen LogP contribution is -2.35. The fraction of sp³-hybridized carbons (Fsp3) is 0.857. The van der Waals surface area contributed by atoms with Gasteiger partial charge in [0, 0.05) is 12.5 Å². The first kappa shape index (κ1) is 16.0. The van der Waals surface area contributed by atoms with Gasteiger partial charge in [-0.1, -0.05) is 13.8 Å². The number of carbonyl (C=O) groups is 2. The maximum atomic E-state index is 11.9. The Labute approximate surface area is 114 Å². The third-order valence-electron chi connectivity index (χ3n) is 3.76. The minimum Gasteiger partial charge on any atom is -0.481 e. The quantitative estimate of drug-likeness (QED) is 0.651. The third-order valence-corrected chi connectivity index (χ3v) is 3.76. The van der Waals surface area contributed by atoms with Gasteiger partial charge in [0.05, 0.1) is 5.92 Å². The van der Waals surface area contributed by atoms with Crippen molar-refractivity contribution in [1.29, 1.82) is 0 Å². The SMILES string of the molecule is CC(C)CC(CN)CC(=O)N[C@H]1CC[C@@H](C(=O)O)C1. The van der Waals surface area contributed by atoms with Gasteiger partial charge in [-0.15, -0.1) is 0 Å². The van der Waals surface area contributed by atoms with Crippen LogP contribution < -0.4 is 11.1 Å². The largest absolute Gasteiger partial charge is 0.481 e. The highest BCUT2D eigenvalue weighted by Crippen LogP contribution is 2.26. The van der Waals surface area contributed by atoms with E-state index < -0.39 is 5.97 Å². The van der Waals surface area contributed by atoms with Crippen LogP contribution >= 0.6 is 0 Å². The number of nitrogens with one attached hydrogen (secondary N) is 1. The Morgan fingerprint density at radius 1 is 1.37 bits per heavy atom. The first-order valence-electron chi connectivity index (χ1n) is 7.14. The fourth-order valence-electron chi connectivity index (χ4n) is 2.82. The van der Waals surface area contributed by atoms with Gasteiger partial charge in [-0.05, 0) is 44.1 Å². The Morgan fingerprint density at radius 3 is 2.53 bits per heavy atom. The molecule has 0 heterocycles. The van der Waals surface area contributed by atoms with Gasteiger partial charge in [-0.2, -0.15) is 0 Å². The summed E-state index contributed by atoms with van der Waals surface area (Å²) in [6.07, 6.45) is 3.38. The number of hydrogen-bond acceptors (Lipinski definition) is 3. The molecule has 0 aromatic heterocycles. The summed E-state index contributed by atoms with van der Waals surface area (Å²) >= 11 is 0. The van der Waals surface area contributed by atoms with Gasteiger partial charge in [0.1, 0.15) is 0 Å². The fourth-order valence-corrected chi connectivity index (χ4v) is 2.82. The molecule has 0 aromatic carbocycles. The standard InChI is InChI=1S/C14H26N2O3/c1-9(2)5-10(8-15)6-13(17)16-12-4-3-11(7-12)14(18)19/h9-12H,3-8,15H2,1-2H3,(H,16,17)(H,18,19)/t10?,11-,12+/m1/s1. The monoisotopic (exact) mass is 270 g/mol. The van der Waals surface area contributed by atoms with Gasteiger partial charge in [0.25, 0.3) is 0 Å². The lowest BCUT2D eigenvalue weighted by Gasteiger charge is -2.18. The zero-order valence-electron chi connectivity index (χ0n) is 11.9. The summed E-state index contributed by atoms with van der Waals surface area (Å²) in [5.41, 5.74) is 5.68. The molecule has 3 atom stereocenters. The van der Waals surface area contributed by atoms with Crippen molar-refractivity contribution < 1.29 is 14.7 Å². The Hall–Kier alpha value is -1.10. The molecule has 1 aliphatic carbocycles. The van der Waals surface area contributed by atoms with E-state index in [4.69, 9.17) is 10.8 Å². The second-order valence-corrected chi connectivity index (χ2v) is 6.05. The molecule has 0 radical (unpaired) electrons. The third kappa shape index (κ3) is 5.59. The van der Waals surface area contributed by atoms with Crippen LogP contribution in [-0.4, -0.2) is 29.6 Å². The van der Waals surface area contributed by atoms with Crippen LogP contribution in [0, 0.1) is 17.8 Å². The molecule has 5 nitrogen and oxygen atoms in total. The van der Waals surface area contributed by atoms with Crippen molar-refractivity contribution in [2.45, 2.75) is 52.0 Å². The molecule has 1 amide bonds. The van der Waals surface area contributed by atoms with Gasteiger partial charge in [-0.3, -0.25) is 9.59 Å². The smallest absolute Gasteiger partial charge is 0.306 e. The van der Waals surface area contributed by atoms with Gasteiger partial charge < -0.3 is 16.2 Å². The highest BCUT2D eigenvalue weighted by atomic mass is 16.4. The number of hydrogen-bond donors (Lipinski definition) is 3. The maximum Gasteiger partial charge on any atom is 0.306 e. The molecule has 1 rings (SSSR count). The molecule has 1 saturated carbocycles. The van der Waals surface area contributed by atoms with Crippen molar-refractivity contribution in [3.63, 3.8) is 0 Å². The molecule has 110 valence electrons. The van der Waals surface area contributed by atoms with Crippen LogP contribution in [0.15, 0.2) is 0 Å². The van der Waals surface area contributed by atoms with Gasteiger partial charge in [-0.25, -0.2) is 0 Å². The van der Waals surface area contributed by atoms with E-state index in [1.807, 2.05) is 0 Å². The van der Waals surface area contributed by atoms with Gasteiger partial charge in [0.2, 0.25) is 5.91 Å². The van der Waals surface area contributed by atoms with Gasteiger partial charge >= 0.3 is 5.97 Å². The Bertz CT molecular complexity index is 318. The van der Waals surface area contributed by atoms with Crippen LogP contribution in [-0.2, 0) is 9.59 Å². The predicted molar refractivity (Wildman–Crippen MR) is 73.5 cm³/mol. The van der Waals surface area contributed by atoms with Crippen LogP contribution in [0.25, 0.3) is 0 Å². The molecule has 1 unspecified atom stereocenters. The van der Waals surface area contributed by atoms with Crippen LogP contribution in [0.3, 0.4) is 0 Å². The van der Waals surface area contributed by atoms with Crippen LogP contribution in [0.2, 0.25) is 0 Å². The number of amides is 1. The molecule has 0 spiro atoms. The van der Waals surface area contributed by atoms with Crippen molar-refractivity contribution in [2.75, 3.05) is 6.54 Å². The molecule has 1 fully saturated rings. The van der Waals surface area contributed by atoms with E-state index in [9.17, 15) is 9.59 Å². The number of carboxylic acid groups (broad SMARTS) is 1. The highest BCUT2D eigenvalue weighted by molar-refractivity contribution is 5.77. The number of nitrogens with two attached hydrogens (primary N) is 1. The van der Waals surface area contributed by atoms with E-state index in [2.05, 4.69) is 19.2 Å². The van der Waals surface area contributed by atoms with E-state index >= 15 is 0 Å². The van der Waals surface area contributed by atoms with Crippen molar-refractivity contribution in [2.24, 2.45) is 23.5 Å². The first-order valence-corrected chi connectivity index (χ1v) is 7.14. The normalized spacial score (nSPS) is 24.4. The summed E-state index contributed by atoms with van der Waals surface area (Å²) in [5.74, 6) is -0.296. The van der Waals surface area contributed by atoms with E-state index in [0.29, 0.717) is 31.7 Å². The van der Waals surface area contributed by atoms with Crippen molar-refractivity contribution in [3.05, 3.63) is 0 Å². The van der Waals surface area contributed by atoms with Crippen molar-refractivity contribution >= 4 is 11.9 Å². The van der Waals surface area contributed by atoms with Crippen molar-refractivity contribution in [3.8, 4) is 0 Å². The zero-order chi connectivity index (χ0) is 14.4. The predicted octanol–water partition coefficient (Wildman–Crippen LogP) is 1.37. The van der Waals surface area contributed by atoms with Crippen LogP contribution in [0.4, 0.5) is 0 Å². The molecule has 19 heavy (non-hydrogen) atoms. The van der Waals surface area contributed by atoms with E-state index in [1.165, 1.54) is 0 Å². The number of rotatable bonds is 7. The molecule has 0 aliphatic heterocycles. The molecule has 1 aliphatic rings. The van der Waals surface area contributed by atoms with Crippen molar-refractivity contribution in [1.82, 2.24) is 5.32 Å². The Morgan fingerprint density at radius 2 is 2.05 bits per heavy atom. The number of aliphatic carboxylic acids is 1. The summed E-state index contributed by atoms with van der Waals surface area (Å²) in [6, 6.07) is 0.0195. The molecule has 0 aromatic rings.